The average molecular weight is 267 g/mol. The van der Waals surface area contributed by atoms with Gasteiger partial charge in [0.05, 0.1) is 5.02 Å². The van der Waals surface area contributed by atoms with Crippen LogP contribution < -0.4 is 10.5 Å². The third kappa shape index (κ3) is 3.15. The summed E-state index contributed by atoms with van der Waals surface area (Å²) in [4.78, 5) is -0.520. The molecule has 16 heavy (non-hydrogen) atoms. The summed E-state index contributed by atoms with van der Waals surface area (Å²) in [5.74, 6) is -0.868. The first-order valence-electron chi connectivity index (χ1n) is 4.63. The van der Waals surface area contributed by atoms with Crippen LogP contribution >= 0.6 is 11.6 Å². The molecule has 0 fully saturated rings. The largest absolute Gasteiger partial charge is 0.330 e. The van der Waals surface area contributed by atoms with Crippen molar-refractivity contribution >= 4 is 21.6 Å². The number of nitrogens with one attached hydrogen (secondary N) is 1. The fourth-order valence-electron chi connectivity index (χ4n) is 1.12. The third-order valence-electron chi connectivity index (χ3n) is 1.86. The third-order valence-corrected chi connectivity index (χ3v) is 3.82. The zero-order valence-electron chi connectivity index (χ0n) is 8.41. The Morgan fingerprint density at radius 1 is 1.44 bits per heavy atom. The van der Waals surface area contributed by atoms with Crippen molar-refractivity contribution in [1.82, 2.24) is 4.72 Å². The van der Waals surface area contributed by atoms with Gasteiger partial charge >= 0.3 is 0 Å². The van der Waals surface area contributed by atoms with Gasteiger partial charge in [-0.15, -0.1) is 0 Å². The minimum Gasteiger partial charge on any atom is -0.330 e. The Morgan fingerprint density at radius 2 is 2.12 bits per heavy atom. The summed E-state index contributed by atoms with van der Waals surface area (Å²) in [6.07, 6.45) is 0.477. The molecule has 4 nitrogen and oxygen atoms in total. The minimum atomic E-state index is -3.91. The lowest BCUT2D eigenvalue weighted by atomic mass is 10.3. The van der Waals surface area contributed by atoms with Gasteiger partial charge in [0.2, 0.25) is 10.0 Å². The van der Waals surface area contributed by atoms with Crippen LogP contribution in [-0.2, 0) is 10.0 Å². The summed E-state index contributed by atoms with van der Waals surface area (Å²) in [6, 6.07) is 3.71. The summed E-state index contributed by atoms with van der Waals surface area (Å²) in [5.41, 5.74) is 5.22. The van der Waals surface area contributed by atoms with Gasteiger partial charge in [-0.3, -0.25) is 0 Å². The maximum Gasteiger partial charge on any atom is 0.244 e. The SMILES string of the molecule is NCCCNS(=O)(=O)c1c(F)cccc1Cl. The Hall–Kier alpha value is -0.690. The fraction of sp³-hybridized carbons (Fsp3) is 0.333. The predicted octanol–water partition coefficient (Wildman–Crippen LogP) is 1.11. The second-order valence-electron chi connectivity index (χ2n) is 3.09. The molecular weight excluding hydrogens is 255 g/mol. The van der Waals surface area contributed by atoms with E-state index < -0.39 is 20.7 Å². The first-order chi connectivity index (χ1) is 7.49. The zero-order valence-corrected chi connectivity index (χ0v) is 9.98. The maximum absolute atomic E-state index is 13.3. The smallest absolute Gasteiger partial charge is 0.244 e. The lowest BCUT2D eigenvalue weighted by Crippen LogP contribution is -2.27. The van der Waals surface area contributed by atoms with E-state index in [1.165, 1.54) is 12.1 Å². The van der Waals surface area contributed by atoms with Crippen molar-refractivity contribution in [2.75, 3.05) is 13.1 Å². The second-order valence-corrected chi connectivity index (χ2v) is 5.20. The molecule has 0 unspecified atom stereocenters. The molecule has 0 saturated carbocycles. The molecule has 0 atom stereocenters. The van der Waals surface area contributed by atoms with Crippen molar-refractivity contribution in [3.63, 3.8) is 0 Å². The van der Waals surface area contributed by atoms with Gasteiger partial charge in [0.1, 0.15) is 10.7 Å². The Balaban J connectivity index is 2.98. The van der Waals surface area contributed by atoms with Crippen molar-refractivity contribution in [3.8, 4) is 0 Å². The lowest BCUT2D eigenvalue weighted by molar-refractivity contribution is 0.556. The Bertz CT molecular complexity index is 444. The van der Waals surface area contributed by atoms with Gasteiger partial charge in [-0.2, -0.15) is 0 Å². The number of halogens is 2. The molecule has 1 aromatic carbocycles. The molecule has 90 valence electrons. The van der Waals surface area contributed by atoms with Gasteiger partial charge in [0.15, 0.2) is 0 Å². The van der Waals surface area contributed by atoms with E-state index in [2.05, 4.69) is 4.72 Å². The molecule has 1 aromatic rings. The van der Waals surface area contributed by atoms with E-state index in [0.717, 1.165) is 6.07 Å². The molecular formula is C9H12ClFN2O2S. The quantitative estimate of drug-likeness (QED) is 0.784. The van der Waals surface area contributed by atoms with Crippen LogP contribution in [0.25, 0.3) is 0 Å². The number of rotatable bonds is 5. The summed E-state index contributed by atoms with van der Waals surface area (Å²) in [5, 5.41) is -0.139. The molecule has 0 bridgehead atoms. The number of sulfonamides is 1. The fourth-order valence-corrected chi connectivity index (χ4v) is 2.79. The minimum absolute atomic E-state index is 0.139. The first-order valence-corrected chi connectivity index (χ1v) is 6.49. The van der Waals surface area contributed by atoms with Crippen LogP contribution in [0.1, 0.15) is 6.42 Å². The van der Waals surface area contributed by atoms with Crippen LogP contribution in [0.4, 0.5) is 4.39 Å². The van der Waals surface area contributed by atoms with E-state index in [0.29, 0.717) is 13.0 Å². The van der Waals surface area contributed by atoms with Crippen molar-refractivity contribution in [3.05, 3.63) is 29.0 Å². The van der Waals surface area contributed by atoms with Crippen LogP contribution in [0.3, 0.4) is 0 Å². The standard InChI is InChI=1S/C9H12ClFN2O2S/c10-7-3-1-4-8(11)9(7)16(14,15)13-6-2-5-12/h1,3-4,13H,2,5-6,12H2. The highest BCUT2D eigenvalue weighted by atomic mass is 35.5. The molecule has 0 heterocycles. The van der Waals surface area contributed by atoms with Crippen LogP contribution in [-0.4, -0.2) is 21.5 Å². The van der Waals surface area contributed by atoms with Crippen molar-refractivity contribution in [2.45, 2.75) is 11.3 Å². The lowest BCUT2D eigenvalue weighted by Gasteiger charge is -2.08. The summed E-state index contributed by atoms with van der Waals surface area (Å²) in [7, 11) is -3.91. The van der Waals surface area contributed by atoms with Crippen molar-refractivity contribution in [1.29, 1.82) is 0 Å². The highest BCUT2D eigenvalue weighted by Crippen LogP contribution is 2.23. The highest BCUT2D eigenvalue weighted by Gasteiger charge is 2.21. The molecule has 1 rings (SSSR count). The van der Waals surface area contributed by atoms with Gasteiger partial charge in [0.25, 0.3) is 0 Å². The van der Waals surface area contributed by atoms with Gasteiger partial charge in [-0.25, -0.2) is 17.5 Å². The molecule has 7 heteroatoms. The average Bonchev–Trinajstić information content (AvgIpc) is 2.17. The van der Waals surface area contributed by atoms with Crippen LogP contribution in [0, 0.1) is 5.82 Å². The van der Waals surface area contributed by atoms with Gasteiger partial charge in [0, 0.05) is 6.54 Å². The topological polar surface area (TPSA) is 72.2 Å². The van der Waals surface area contributed by atoms with E-state index in [9.17, 15) is 12.8 Å². The van der Waals surface area contributed by atoms with Crippen LogP contribution in [0.15, 0.2) is 23.1 Å². The maximum atomic E-state index is 13.3. The van der Waals surface area contributed by atoms with E-state index in [1.54, 1.807) is 0 Å². The van der Waals surface area contributed by atoms with Gasteiger partial charge < -0.3 is 5.73 Å². The number of hydrogen-bond donors (Lipinski definition) is 2. The normalized spacial score (nSPS) is 11.7. The molecule has 0 aromatic heterocycles. The Labute approximate surface area is 98.6 Å². The monoisotopic (exact) mass is 266 g/mol. The van der Waals surface area contributed by atoms with Crippen molar-refractivity contribution in [2.24, 2.45) is 5.73 Å². The van der Waals surface area contributed by atoms with Crippen LogP contribution in [0.2, 0.25) is 5.02 Å². The van der Waals surface area contributed by atoms with Gasteiger partial charge in [-0.05, 0) is 25.1 Å². The molecule has 0 spiro atoms. The number of hydrogen-bond acceptors (Lipinski definition) is 3. The van der Waals surface area contributed by atoms with Gasteiger partial charge in [-0.1, -0.05) is 17.7 Å². The summed E-state index contributed by atoms with van der Waals surface area (Å²) >= 11 is 5.64. The molecule has 3 N–H and O–H groups in total. The summed E-state index contributed by atoms with van der Waals surface area (Å²) in [6.45, 7) is 0.511. The van der Waals surface area contributed by atoms with E-state index in [4.69, 9.17) is 17.3 Å². The Morgan fingerprint density at radius 3 is 2.69 bits per heavy atom. The molecule has 0 radical (unpaired) electrons. The first kappa shape index (κ1) is 13.4. The second kappa shape index (κ2) is 5.58. The highest BCUT2D eigenvalue weighted by molar-refractivity contribution is 7.89. The van der Waals surface area contributed by atoms with Crippen LogP contribution in [0.5, 0.6) is 0 Å². The molecule has 0 aliphatic carbocycles. The summed E-state index contributed by atoms with van der Waals surface area (Å²) < 4.78 is 38.9. The Kier molecular flexibility index (Phi) is 4.67. The van der Waals surface area contributed by atoms with E-state index in [1.807, 2.05) is 0 Å². The molecule has 0 aliphatic heterocycles. The molecule has 0 aliphatic rings. The predicted molar refractivity (Wildman–Crippen MR) is 60.3 cm³/mol. The zero-order chi connectivity index (χ0) is 12.2. The number of benzene rings is 1. The van der Waals surface area contributed by atoms with E-state index >= 15 is 0 Å². The number of nitrogens with two attached hydrogens (primary N) is 1. The molecule has 0 saturated heterocycles. The molecule has 0 amide bonds. The van der Waals surface area contributed by atoms with E-state index in [-0.39, 0.29) is 11.6 Å². The van der Waals surface area contributed by atoms with Crippen molar-refractivity contribution < 1.29 is 12.8 Å².